The number of hydrogen-bond donors (Lipinski definition) is 1. The maximum Gasteiger partial charge on any atom is 0.126 e. The SMILES string of the molecule is Fc1cc(Cl)cc(NCCC2CCCCC2)c1. The molecule has 1 saturated carbocycles. The summed E-state index contributed by atoms with van der Waals surface area (Å²) < 4.78 is 13.1. The van der Waals surface area contributed by atoms with E-state index in [1.807, 2.05) is 0 Å². The van der Waals surface area contributed by atoms with Crippen molar-refractivity contribution in [3.63, 3.8) is 0 Å². The molecule has 17 heavy (non-hydrogen) atoms. The fourth-order valence-electron chi connectivity index (χ4n) is 2.55. The summed E-state index contributed by atoms with van der Waals surface area (Å²) in [4.78, 5) is 0. The van der Waals surface area contributed by atoms with E-state index in [4.69, 9.17) is 11.6 Å². The van der Waals surface area contributed by atoms with Crippen molar-refractivity contribution in [2.45, 2.75) is 38.5 Å². The third-order valence-electron chi connectivity index (χ3n) is 3.47. The monoisotopic (exact) mass is 255 g/mol. The third-order valence-corrected chi connectivity index (χ3v) is 3.69. The van der Waals surface area contributed by atoms with Crippen LogP contribution in [0.25, 0.3) is 0 Å². The number of anilines is 1. The van der Waals surface area contributed by atoms with Gasteiger partial charge in [0.2, 0.25) is 0 Å². The predicted molar refractivity (Wildman–Crippen MR) is 71.1 cm³/mol. The highest BCUT2D eigenvalue weighted by molar-refractivity contribution is 6.30. The van der Waals surface area contributed by atoms with Crippen molar-refractivity contribution in [2.75, 3.05) is 11.9 Å². The number of halogens is 2. The van der Waals surface area contributed by atoms with E-state index in [1.54, 1.807) is 6.07 Å². The van der Waals surface area contributed by atoms with Gasteiger partial charge in [-0.3, -0.25) is 0 Å². The maximum absolute atomic E-state index is 13.1. The average Bonchev–Trinajstić information content (AvgIpc) is 2.29. The normalized spacial score (nSPS) is 17.1. The lowest BCUT2D eigenvalue weighted by Crippen LogP contribution is -2.12. The van der Waals surface area contributed by atoms with Crippen molar-refractivity contribution in [3.05, 3.63) is 29.0 Å². The van der Waals surface area contributed by atoms with Crippen LogP contribution in [0.2, 0.25) is 5.02 Å². The molecule has 1 N–H and O–H groups in total. The minimum Gasteiger partial charge on any atom is -0.385 e. The summed E-state index contributed by atoms with van der Waals surface area (Å²) in [5.41, 5.74) is 0.783. The Bertz CT molecular complexity index is 341. The van der Waals surface area contributed by atoms with Gasteiger partial charge in [0.1, 0.15) is 5.82 Å². The van der Waals surface area contributed by atoms with Gasteiger partial charge < -0.3 is 5.32 Å². The molecule has 1 aromatic rings. The zero-order valence-corrected chi connectivity index (χ0v) is 10.8. The summed E-state index contributed by atoms with van der Waals surface area (Å²) in [7, 11) is 0. The van der Waals surface area contributed by atoms with Gasteiger partial charge in [-0.2, -0.15) is 0 Å². The van der Waals surface area contributed by atoms with E-state index in [0.717, 1.165) is 18.2 Å². The van der Waals surface area contributed by atoms with Crippen molar-refractivity contribution in [1.82, 2.24) is 0 Å². The summed E-state index contributed by atoms with van der Waals surface area (Å²) in [6.45, 7) is 0.907. The highest BCUT2D eigenvalue weighted by Gasteiger charge is 2.12. The Labute approximate surface area is 107 Å². The highest BCUT2D eigenvalue weighted by Crippen LogP contribution is 2.26. The van der Waals surface area contributed by atoms with E-state index in [2.05, 4.69) is 5.32 Å². The fourth-order valence-corrected chi connectivity index (χ4v) is 2.77. The van der Waals surface area contributed by atoms with Gasteiger partial charge in [-0.05, 0) is 30.5 Å². The zero-order chi connectivity index (χ0) is 12.1. The summed E-state index contributed by atoms with van der Waals surface area (Å²) >= 11 is 5.80. The fraction of sp³-hybridized carbons (Fsp3) is 0.571. The molecule has 0 unspecified atom stereocenters. The minimum absolute atomic E-state index is 0.280. The first-order chi connectivity index (χ1) is 8.24. The standard InChI is InChI=1S/C14H19ClFN/c15-12-8-13(16)10-14(9-12)17-7-6-11-4-2-1-3-5-11/h8-11,17H,1-7H2. The molecule has 2 rings (SSSR count). The van der Waals surface area contributed by atoms with Crippen LogP contribution < -0.4 is 5.32 Å². The number of nitrogens with one attached hydrogen (secondary N) is 1. The van der Waals surface area contributed by atoms with Gasteiger partial charge in [0.25, 0.3) is 0 Å². The molecule has 0 spiro atoms. The Kier molecular flexibility index (Phi) is 4.66. The van der Waals surface area contributed by atoms with Crippen LogP contribution in [0.3, 0.4) is 0 Å². The smallest absolute Gasteiger partial charge is 0.126 e. The highest BCUT2D eigenvalue weighted by atomic mass is 35.5. The van der Waals surface area contributed by atoms with Gasteiger partial charge in [0.05, 0.1) is 0 Å². The molecule has 0 heterocycles. The third kappa shape index (κ3) is 4.19. The quantitative estimate of drug-likeness (QED) is 0.810. The van der Waals surface area contributed by atoms with Gasteiger partial charge in [0.15, 0.2) is 0 Å². The van der Waals surface area contributed by atoms with Gasteiger partial charge in [-0.1, -0.05) is 43.7 Å². The Hall–Kier alpha value is -0.760. The van der Waals surface area contributed by atoms with Gasteiger partial charge >= 0.3 is 0 Å². The number of rotatable bonds is 4. The molecule has 94 valence electrons. The molecular weight excluding hydrogens is 237 g/mol. The van der Waals surface area contributed by atoms with Crippen LogP contribution in [0, 0.1) is 11.7 Å². The van der Waals surface area contributed by atoms with Crippen molar-refractivity contribution < 1.29 is 4.39 Å². The van der Waals surface area contributed by atoms with E-state index < -0.39 is 0 Å². The molecular formula is C14H19ClFN. The van der Waals surface area contributed by atoms with Crippen LogP contribution in [0.4, 0.5) is 10.1 Å². The van der Waals surface area contributed by atoms with Crippen molar-refractivity contribution in [1.29, 1.82) is 0 Å². The molecule has 1 fully saturated rings. The second kappa shape index (κ2) is 6.25. The Morgan fingerprint density at radius 3 is 2.65 bits per heavy atom. The van der Waals surface area contributed by atoms with E-state index in [1.165, 1.54) is 50.7 Å². The van der Waals surface area contributed by atoms with Crippen LogP contribution in [0.1, 0.15) is 38.5 Å². The predicted octanol–water partition coefficient (Wildman–Crippen LogP) is 4.86. The van der Waals surface area contributed by atoms with Gasteiger partial charge in [-0.25, -0.2) is 4.39 Å². The van der Waals surface area contributed by atoms with Crippen LogP contribution in [0.5, 0.6) is 0 Å². The largest absolute Gasteiger partial charge is 0.385 e. The molecule has 0 atom stereocenters. The van der Waals surface area contributed by atoms with Crippen LogP contribution in [-0.2, 0) is 0 Å². The minimum atomic E-state index is -0.280. The molecule has 1 aliphatic carbocycles. The zero-order valence-electron chi connectivity index (χ0n) is 10.0. The second-order valence-electron chi connectivity index (χ2n) is 4.88. The van der Waals surface area contributed by atoms with Crippen molar-refractivity contribution in [2.24, 2.45) is 5.92 Å². The summed E-state index contributed by atoms with van der Waals surface area (Å²) in [6, 6.07) is 4.59. The summed E-state index contributed by atoms with van der Waals surface area (Å²) in [6.07, 6.45) is 8.02. The summed E-state index contributed by atoms with van der Waals surface area (Å²) in [5, 5.41) is 3.70. The van der Waals surface area contributed by atoms with Gasteiger partial charge in [0, 0.05) is 17.3 Å². The summed E-state index contributed by atoms with van der Waals surface area (Å²) in [5.74, 6) is 0.568. The number of hydrogen-bond acceptors (Lipinski definition) is 1. The average molecular weight is 256 g/mol. The Balaban J connectivity index is 1.77. The van der Waals surface area contributed by atoms with E-state index in [-0.39, 0.29) is 5.82 Å². The van der Waals surface area contributed by atoms with E-state index >= 15 is 0 Å². The van der Waals surface area contributed by atoms with Crippen LogP contribution in [0.15, 0.2) is 18.2 Å². The maximum atomic E-state index is 13.1. The van der Waals surface area contributed by atoms with E-state index in [9.17, 15) is 4.39 Å². The molecule has 3 heteroatoms. The second-order valence-corrected chi connectivity index (χ2v) is 5.31. The Morgan fingerprint density at radius 1 is 1.18 bits per heavy atom. The Morgan fingerprint density at radius 2 is 1.94 bits per heavy atom. The van der Waals surface area contributed by atoms with Crippen LogP contribution in [-0.4, -0.2) is 6.54 Å². The number of benzene rings is 1. The molecule has 1 aromatic carbocycles. The topological polar surface area (TPSA) is 12.0 Å². The first-order valence-electron chi connectivity index (χ1n) is 6.44. The van der Waals surface area contributed by atoms with Crippen molar-refractivity contribution >= 4 is 17.3 Å². The molecule has 1 nitrogen and oxygen atoms in total. The molecule has 0 bridgehead atoms. The lowest BCUT2D eigenvalue weighted by molar-refractivity contribution is 0.345. The van der Waals surface area contributed by atoms with E-state index in [0.29, 0.717) is 5.02 Å². The van der Waals surface area contributed by atoms with Crippen molar-refractivity contribution in [3.8, 4) is 0 Å². The molecule has 0 amide bonds. The lowest BCUT2D eigenvalue weighted by atomic mass is 9.87. The molecule has 0 aromatic heterocycles. The molecule has 0 saturated heterocycles. The van der Waals surface area contributed by atoms with Crippen LogP contribution >= 0.6 is 11.6 Å². The van der Waals surface area contributed by atoms with Gasteiger partial charge in [-0.15, -0.1) is 0 Å². The first kappa shape index (κ1) is 12.7. The molecule has 0 aliphatic heterocycles. The lowest BCUT2D eigenvalue weighted by Gasteiger charge is -2.21. The first-order valence-corrected chi connectivity index (χ1v) is 6.82. The molecule has 0 radical (unpaired) electrons. The molecule has 1 aliphatic rings.